The van der Waals surface area contributed by atoms with Gasteiger partial charge in [0.1, 0.15) is 6.61 Å². The first-order chi connectivity index (χ1) is 13.9. The summed E-state index contributed by atoms with van der Waals surface area (Å²) < 4.78 is 16.7. The van der Waals surface area contributed by atoms with Gasteiger partial charge in [-0.25, -0.2) is 9.36 Å². The smallest absolute Gasteiger partial charge is 0.409 e. The summed E-state index contributed by atoms with van der Waals surface area (Å²) in [6.07, 6.45) is 0.0942. The molecule has 1 amide bonds. The van der Waals surface area contributed by atoms with Gasteiger partial charge in [-0.2, -0.15) is 0 Å². The van der Waals surface area contributed by atoms with Crippen molar-refractivity contribution in [3.05, 3.63) is 59.7 Å². The number of amides is 1. The summed E-state index contributed by atoms with van der Waals surface area (Å²) in [4.78, 5) is 32.1. The minimum Gasteiger partial charge on any atom is -0.448 e. The Morgan fingerprint density at radius 2 is 1.66 bits per heavy atom. The van der Waals surface area contributed by atoms with Crippen LogP contribution in [-0.4, -0.2) is 52.8 Å². The molecule has 3 rings (SSSR count). The van der Waals surface area contributed by atoms with Gasteiger partial charge in [-0.05, 0) is 46.6 Å². The van der Waals surface area contributed by atoms with Gasteiger partial charge in [-0.3, -0.25) is 0 Å². The van der Waals surface area contributed by atoms with Crippen LogP contribution in [0.5, 0.6) is 0 Å². The molecule has 4 N–H and O–H groups in total. The predicted molar refractivity (Wildman–Crippen MR) is 115 cm³/mol. The molecule has 0 atom stereocenters. The molecule has 9 heteroatoms. The first-order valence-electron chi connectivity index (χ1n) is 9.41. The highest BCUT2D eigenvalue weighted by Crippen LogP contribution is 2.49. The Labute approximate surface area is 174 Å². The van der Waals surface area contributed by atoms with Crippen LogP contribution in [0.15, 0.2) is 48.5 Å². The number of carbonyl (C=O) groups excluding carboxylic acids is 1. The predicted octanol–water partition coefficient (Wildman–Crippen LogP) is 3.41. The number of hydrogen-bond donors (Lipinski definition) is 3. The fraction of sp³-hybridized carbons (Fsp3) is 0.350. The van der Waals surface area contributed by atoms with E-state index in [0.29, 0.717) is 30.9 Å². The largest absolute Gasteiger partial charge is 0.448 e. The lowest BCUT2D eigenvalue weighted by atomic mass is 9.98. The van der Waals surface area contributed by atoms with E-state index in [1.54, 1.807) is 0 Å². The quantitative estimate of drug-likeness (QED) is 0.516. The number of nitrogens with two attached hydrogens (primary N) is 1. The summed E-state index contributed by atoms with van der Waals surface area (Å²) in [6, 6.07) is 16.2. The molecule has 7 nitrogen and oxygen atoms in total. The molecule has 2 aromatic rings. The standard InChI is InChI=1S/C20H25N2O5PS/c21-10-5-11-22(12-13-29-28(24,25)26)20(23)27-14-19-17-8-3-1-6-15(17)16-7-2-4-9-18(16)19/h1-4,6-9,19H,5,10-14,21H2,(H2,24,25,26). The number of hydrogen-bond acceptors (Lipinski definition) is 5. The van der Waals surface area contributed by atoms with Crippen LogP contribution in [0.2, 0.25) is 0 Å². The maximum Gasteiger partial charge on any atom is 0.409 e. The molecule has 1 aliphatic rings. The summed E-state index contributed by atoms with van der Waals surface area (Å²) in [5.41, 5.74) is 10.1. The Kier molecular flexibility index (Phi) is 7.38. The molecule has 0 aliphatic heterocycles. The Morgan fingerprint density at radius 3 is 2.21 bits per heavy atom. The monoisotopic (exact) mass is 436 g/mol. The van der Waals surface area contributed by atoms with Gasteiger partial charge < -0.3 is 25.2 Å². The summed E-state index contributed by atoms with van der Waals surface area (Å²) in [5.74, 6) is 0.0890. The maximum absolute atomic E-state index is 12.6. The zero-order valence-corrected chi connectivity index (χ0v) is 17.6. The Balaban J connectivity index is 1.67. The van der Waals surface area contributed by atoms with Gasteiger partial charge >= 0.3 is 12.9 Å². The van der Waals surface area contributed by atoms with Crippen LogP contribution in [0.3, 0.4) is 0 Å². The van der Waals surface area contributed by atoms with Crippen molar-refractivity contribution < 1.29 is 23.9 Å². The van der Waals surface area contributed by atoms with Crippen LogP contribution in [-0.2, 0) is 9.30 Å². The molecule has 0 saturated heterocycles. The first-order valence-corrected chi connectivity index (χ1v) is 12.6. The van der Waals surface area contributed by atoms with Crippen LogP contribution in [0.25, 0.3) is 11.1 Å². The van der Waals surface area contributed by atoms with E-state index in [0.717, 1.165) is 22.3 Å². The zero-order chi connectivity index (χ0) is 20.9. The van der Waals surface area contributed by atoms with Gasteiger partial charge in [0.25, 0.3) is 0 Å². The average molecular weight is 436 g/mol. The second-order valence-electron chi connectivity index (χ2n) is 6.76. The SMILES string of the molecule is NCCCN(CCSP(=O)(O)O)C(=O)OCC1c2ccccc2-c2ccccc21. The fourth-order valence-corrected chi connectivity index (χ4v) is 5.03. The summed E-state index contributed by atoms with van der Waals surface area (Å²) in [6.45, 7) is -2.98. The Bertz CT molecular complexity index is 858. The second-order valence-corrected chi connectivity index (χ2v) is 10.6. The number of carbonyl (C=O) groups is 1. The van der Waals surface area contributed by atoms with E-state index in [4.69, 9.17) is 20.3 Å². The van der Waals surface area contributed by atoms with Crippen LogP contribution >= 0.6 is 18.2 Å². The lowest BCUT2D eigenvalue weighted by molar-refractivity contribution is 0.102. The summed E-state index contributed by atoms with van der Waals surface area (Å²) in [5, 5.41) is 0. The third-order valence-electron chi connectivity index (χ3n) is 4.85. The van der Waals surface area contributed by atoms with E-state index in [-0.39, 0.29) is 24.8 Å². The molecule has 0 spiro atoms. The number of fused-ring (bicyclic) bond motifs is 3. The number of nitrogens with zero attached hydrogens (tertiary/aromatic N) is 1. The molecule has 0 heterocycles. The highest BCUT2D eigenvalue weighted by Gasteiger charge is 2.29. The van der Waals surface area contributed by atoms with E-state index >= 15 is 0 Å². The molecule has 0 radical (unpaired) electrons. The van der Waals surface area contributed by atoms with E-state index < -0.39 is 12.9 Å². The normalized spacial score (nSPS) is 13.1. The minimum absolute atomic E-state index is 0.0350. The average Bonchev–Trinajstić information content (AvgIpc) is 3.02. The molecule has 0 bridgehead atoms. The Hall–Kier alpha value is -1.83. The summed E-state index contributed by atoms with van der Waals surface area (Å²) in [7, 11) is 0. The molecule has 0 aromatic heterocycles. The number of ether oxygens (including phenoxy) is 1. The first kappa shape index (κ1) is 21.9. The zero-order valence-electron chi connectivity index (χ0n) is 15.9. The number of benzene rings is 2. The Morgan fingerprint density at radius 1 is 1.07 bits per heavy atom. The van der Waals surface area contributed by atoms with Gasteiger partial charge in [-0.15, -0.1) is 0 Å². The maximum atomic E-state index is 12.6. The van der Waals surface area contributed by atoms with Crippen LogP contribution in [0.1, 0.15) is 23.5 Å². The second kappa shape index (κ2) is 9.78. The van der Waals surface area contributed by atoms with Crippen LogP contribution in [0.4, 0.5) is 4.79 Å². The van der Waals surface area contributed by atoms with Crippen molar-refractivity contribution in [3.8, 4) is 11.1 Å². The van der Waals surface area contributed by atoms with Crippen molar-refractivity contribution in [3.63, 3.8) is 0 Å². The fourth-order valence-electron chi connectivity index (χ4n) is 3.53. The van der Waals surface area contributed by atoms with E-state index in [1.807, 2.05) is 24.3 Å². The van der Waals surface area contributed by atoms with E-state index in [2.05, 4.69) is 24.3 Å². The third-order valence-corrected chi connectivity index (χ3v) is 7.11. The number of rotatable bonds is 9. The molecule has 0 saturated carbocycles. The van der Waals surface area contributed by atoms with Crippen molar-refractivity contribution in [1.82, 2.24) is 4.90 Å². The molecular formula is C20H25N2O5PS. The topological polar surface area (TPSA) is 113 Å². The van der Waals surface area contributed by atoms with Crippen molar-refractivity contribution in [2.75, 3.05) is 32.0 Å². The molecule has 0 fully saturated rings. The highest BCUT2D eigenvalue weighted by atomic mass is 32.7. The highest BCUT2D eigenvalue weighted by molar-refractivity contribution is 8.54. The molecule has 29 heavy (non-hydrogen) atoms. The molecular weight excluding hydrogens is 411 g/mol. The minimum atomic E-state index is -4.17. The molecule has 2 aromatic carbocycles. The van der Waals surface area contributed by atoms with Crippen molar-refractivity contribution in [1.29, 1.82) is 0 Å². The molecule has 0 unspecified atom stereocenters. The van der Waals surface area contributed by atoms with Crippen molar-refractivity contribution >= 4 is 24.3 Å². The van der Waals surface area contributed by atoms with Crippen LogP contribution in [0, 0.1) is 0 Å². The van der Waals surface area contributed by atoms with Crippen molar-refractivity contribution in [2.45, 2.75) is 12.3 Å². The van der Waals surface area contributed by atoms with Gasteiger partial charge in [0, 0.05) is 24.8 Å². The van der Waals surface area contributed by atoms with Gasteiger partial charge in [0.05, 0.1) is 0 Å². The summed E-state index contributed by atoms with van der Waals surface area (Å²) >= 11 is 0.524. The van der Waals surface area contributed by atoms with E-state index in [9.17, 15) is 9.36 Å². The van der Waals surface area contributed by atoms with Gasteiger partial charge in [0.2, 0.25) is 0 Å². The van der Waals surface area contributed by atoms with Gasteiger partial charge in [-0.1, -0.05) is 48.5 Å². The van der Waals surface area contributed by atoms with Crippen molar-refractivity contribution in [2.24, 2.45) is 5.73 Å². The lowest BCUT2D eigenvalue weighted by Gasteiger charge is -2.23. The van der Waals surface area contributed by atoms with E-state index in [1.165, 1.54) is 4.90 Å². The molecule has 1 aliphatic carbocycles. The van der Waals surface area contributed by atoms with Crippen LogP contribution < -0.4 is 5.73 Å². The lowest BCUT2D eigenvalue weighted by Crippen LogP contribution is -2.36. The van der Waals surface area contributed by atoms with Gasteiger partial charge in [0.15, 0.2) is 0 Å². The third kappa shape index (κ3) is 5.62. The molecule has 156 valence electrons.